The number of anilines is 1. The predicted octanol–water partition coefficient (Wildman–Crippen LogP) is -0.0802. The van der Waals surface area contributed by atoms with E-state index in [0.29, 0.717) is 17.8 Å². The molecule has 0 radical (unpaired) electrons. The van der Waals surface area contributed by atoms with E-state index >= 15 is 0 Å². The molecule has 0 bridgehead atoms. The van der Waals surface area contributed by atoms with Gasteiger partial charge in [0, 0.05) is 37.6 Å². The first kappa shape index (κ1) is 13.0. The number of nitrogens with one attached hydrogen (secondary N) is 2. The average molecular weight is 236 g/mol. The van der Waals surface area contributed by atoms with Gasteiger partial charge in [-0.25, -0.2) is 0 Å². The zero-order valence-corrected chi connectivity index (χ0v) is 9.69. The summed E-state index contributed by atoms with van der Waals surface area (Å²) in [7, 11) is 0. The Bertz CT molecular complexity index is 406. The van der Waals surface area contributed by atoms with Crippen LogP contribution in [0.15, 0.2) is 18.5 Å². The fourth-order valence-corrected chi connectivity index (χ4v) is 1.27. The molecular formula is C11H16N4O2. The summed E-state index contributed by atoms with van der Waals surface area (Å²) in [6.07, 6.45) is 3.16. The van der Waals surface area contributed by atoms with Crippen LogP contribution < -0.4 is 16.4 Å². The van der Waals surface area contributed by atoms with Crippen molar-refractivity contribution in [3.8, 4) is 0 Å². The summed E-state index contributed by atoms with van der Waals surface area (Å²) in [5, 5.41) is 5.25. The van der Waals surface area contributed by atoms with Gasteiger partial charge in [-0.1, -0.05) is 0 Å². The maximum absolute atomic E-state index is 11.6. The van der Waals surface area contributed by atoms with Gasteiger partial charge in [0.05, 0.1) is 5.56 Å². The largest absolute Gasteiger partial charge is 0.398 e. The van der Waals surface area contributed by atoms with Gasteiger partial charge in [-0.3, -0.25) is 14.6 Å². The molecule has 0 aliphatic rings. The van der Waals surface area contributed by atoms with Gasteiger partial charge in [0.15, 0.2) is 0 Å². The first-order valence-electron chi connectivity index (χ1n) is 5.39. The first-order valence-corrected chi connectivity index (χ1v) is 5.39. The molecule has 6 nitrogen and oxygen atoms in total. The van der Waals surface area contributed by atoms with E-state index in [4.69, 9.17) is 5.73 Å². The van der Waals surface area contributed by atoms with Crippen LogP contribution in [0, 0.1) is 0 Å². The summed E-state index contributed by atoms with van der Waals surface area (Å²) in [4.78, 5) is 26.6. The van der Waals surface area contributed by atoms with E-state index in [2.05, 4.69) is 15.6 Å². The van der Waals surface area contributed by atoms with Gasteiger partial charge in [0.25, 0.3) is 5.91 Å². The van der Waals surface area contributed by atoms with Gasteiger partial charge in [0.1, 0.15) is 0 Å². The number of pyridine rings is 1. The summed E-state index contributed by atoms with van der Waals surface area (Å²) in [6.45, 7) is 2.70. The van der Waals surface area contributed by atoms with Gasteiger partial charge in [0.2, 0.25) is 5.91 Å². The number of hydrogen-bond acceptors (Lipinski definition) is 4. The molecule has 1 heterocycles. The Balaban J connectivity index is 2.41. The fourth-order valence-electron chi connectivity index (χ4n) is 1.27. The highest BCUT2D eigenvalue weighted by Crippen LogP contribution is 2.07. The van der Waals surface area contributed by atoms with Crippen molar-refractivity contribution >= 4 is 17.5 Å². The lowest BCUT2D eigenvalue weighted by Gasteiger charge is -2.06. The minimum atomic E-state index is -0.320. The van der Waals surface area contributed by atoms with E-state index in [1.165, 1.54) is 12.4 Å². The van der Waals surface area contributed by atoms with Crippen LogP contribution in [0.4, 0.5) is 5.69 Å². The van der Waals surface area contributed by atoms with Crippen molar-refractivity contribution in [3.05, 3.63) is 24.0 Å². The Kier molecular flexibility index (Phi) is 4.93. The highest BCUT2D eigenvalue weighted by atomic mass is 16.2. The maximum atomic E-state index is 11.6. The molecule has 0 fully saturated rings. The second-order valence-corrected chi connectivity index (χ2v) is 3.42. The molecule has 0 unspecified atom stereocenters. The lowest BCUT2D eigenvalue weighted by Crippen LogP contribution is -2.31. The Morgan fingerprint density at radius 3 is 2.82 bits per heavy atom. The Hall–Kier alpha value is -2.11. The van der Waals surface area contributed by atoms with Crippen LogP contribution in [-0.4, -0.2) is 29.9 Å². The zero-order valence-electron chi connectivity index (χ0n) is 9.69. The number of amides is 2. The molecule has 0 aliphatic carbocycles. The normalized spacial score (nSPS) is 9.71. The molecule has 0 aromatic carbocycles. The van der Waals surface area contributed by atoms with Crippen molar-refractivity contribution in [2.24, 2.45) is 0 Å². The summed E-state index contributed by atoms with van der Waals surface area (Å²) in [5.74, 6) is -0.410. The average Bonchev–Trinajstić information content (AvgIpc) is 2.29. The number of nitrogens with two attached hydrogens (primary N) is 1. The topological polar surface area (TPSA) is 97.1 Å². The van der Waals surface area contributed by atoms with Gasteiger partial charge in [-0.15, -0.1) is 0 Å². The fraction of sp³-hybridized carbons (Fsp3) is 0.364. The SMILES string of the molecule is CCNC(=O)CCNC(=O)c1cnccc1N. The Morgan fingerprint density at radius 1 is 1.41 bits per heavy atom. The van der Waals surface area contributed by atoms with Crippen molar-refractivity contribution < 1.29 is 9.59 Å². The van der Waals surface area contributed by atoms with Crippen LogP contribution >= 0.6 is 0 Å². The number of nitrogen functional groups attached to an aromatic ring is 1. The minimum absolute atomic E-state index is 0.0908. The minimum Gasteiger partial charge on any atom is -0.398 e. The molecule has 92 valence electrons. The van der Waals surface area contributed by atoms with Crippen LogP contribution in [0.25, 0.3) is 0 Å². The summed E-state index contributed by atoms with van der Waals surface area (Å²) < 4.78 is 0. The molecule has 0 atom stereocenters. The number of aromatic nitrogens is 1. The Morgan fingerprint density at radius 2 is 2.18 bits per heavy atom. The van der Waals surface area contributed by atoms with Crippen molar-refractivity contribution in [1.82, 2.24) is 15.6 Å². The molecule has 0 saturated heterocycles. The third-order valence-electron chi connectivity index (χ3n) is 2.11. The molecule has 17 heavy (non-hydrogen) atoms. The van der Waals surface area contributed by atoms with E-state index in [-0.39, 0.29) is 24.8 Å². The second kappa shape index (κ2) is 6.47. The highest BCUT2D eigenvalue weighted by Gasteiger charge is 2.09. The molecule has 0 saturated carbocycles. The van der Waals surface area contributed by atoms with Crippen molar-refractivity contribution in [3.63, 3.8) is 0 Å². The van der Waals surface area contributed by atoms with Crippen molar-refractivity contribution in [2.45, 2.75) is 13.3 Å². The van der Waals surface area contributed by atoms with Crippen LogP contribution in [0.2, 0.25) is 0 Å². The van der Waals surface area contributed by atoms with Crippen LogP contribution in [-0.2, 0) is 4.79 Å². The standard InChI is InChI=1S/C11H16N4O2/c1-2-14-10(16)4-6-15-11(17)8-7-13-5-3-9(8)12/h3,5,7H,2,4,6H2,1H3,(H2,12,13)(H,14,16)(H,15,17). The molecule has 1 aromatic heterocycles. The molecule has 4 N–H and O–H groups in total. The number of carbonyl (C=O) groups is 2. The Labute approximate surface area is 99.6 Å². The van der Waals surface area contributed by atoms with Gasteiger partial charge < -0.3 is 16.4 Å². The van der Waals surface area contributed by atoms with E-state index in [9.17, 15) is 9.59 Å². The monoisotopic (exact) mass is 236 g/mol. The van der Waals surface area contributed by atoms with Crippen LogP contribution in [0.3, 0.4) is 0 Å². The molecule has 1 aromatic rings. The third-order valence-corrected chi connectivity index (χ3v) is 2.11. The predicted molar refractivity (Wildman–Crippen MR) is 64.3 cm³/mol. The van der Waals surface area contributed by atoms with Crippen molar-refractivity contribution in [1.29, 1.82) is 0 Å². The molecule has 6 heteroatoms. The van der Waals surface area contributed by atoms with Gasteiger partial charge in [-0.2, -0.15) is 0 Å². The second-order valence-electron chi connectivity index (χ2n) is 3.42. The van der Waals surface area contributed by atoms with E-state index in [1.807, 2.05) is 6.92 Å². The summed E-state index contributed by atoms with van der Waals surface area (Å²) in [5.41, 5.74) is 6.31. The maximum Gasteiger partial charge on any atom is 0.254 e. The number of carbonyl (C=O) groups excluding carboxylic acids is 2. The number of nitrogens with zero attached hydrogens (tertiary/aromatic N) is 1. The molecular weight excluding hydrogens is 220 g/mol. The van der Waals surface area contributed by atoms with Crippen LogP contribution in [0.5, 0.6) is 0 Å². The van der Waals surface area contributed by atoms with Gasteiger partial charge >= 0.3 is 0 Å². The van der Waals surface area contributed by atoms with Crippen LogP contribution in [0.1, 0.15) is 23.7 Å². The quantitative estimate of drug-likeness (QED) is 0.666. The van der Waals surface area contributed by atoms with E-state index in [1.54, 1.807) is 6.07 Å². The lowest BCUT2D eigenvalue weighted by molar-refractivity contribution is -0.120. The van der Waals surface area contributed by atoms with Gasteiger partial charge in [-0.05, 0) is 13.0 Å². The third kappa shape index (κ3) is 4.10. The first-order chi connectivity index (χ1) is 8.15. The smallest absolute Gasteiger partial charge is 0.254 e. The lowest BCUT2D eigenvalue weighted by atomic mass is 10.2. The number of hydrogen-bond donors (Lipinski definition) is 3. The molecule has 2 amide bonds. The molecule has 1 rings (SSSR count). The number of rotatable bonds is 5. The van der Waals surface area contributed by atoms with Crippen molar-refractivity contribution in [2.75, 3.05) is 18.8 Å². The summed E-state index contributed by atoms with van der Waals surface area (Å²) >= 11 is 0. The zero-order chi connectivity index (χ0) is 12.7. The molecule has 0 spiro atoms. The van der Waals surface area contributed by atoms with E-state index < -0.39 is 0 Å². The molecule has 0 aliphatic heterocycles. The highest BCUT2D eigenvalue weighted by molar-refractivity contribution is 5.98. The summed E-state index contributed by atoms with van der Waals surface area (Å²) in [6, 6.07) is 1.55. The van der Waals surface area contributed by atoms with E-state index in [0.717, 1.165) is 0 Å².